The fourth-order valence-electron chi connectivity index (χ4n) is 3.21. The first-order valence-electron chi connectivity index (χ1n) is 9.45. The van der Waals surface area contributed by atoms with Gasteiger partial charge in [-0.25, -0.2) is 0 Å². The first kappa shape index (κ1) is 21.5. The molecule has 28 heavy (non-hydrogen) atoms. The van der Waals surface area contributed by atoms with Crippen LogP contribution < -0.4 is 14.8 Å². The summed E-state index contributed by atoms with van der Waals surface area (Å²) in [5.41, 5.74) is 0.362. The topological polar surface area (TPSA) is 94.2 Å². The van der Waals surface area contributed by atoms with Gasteiger partial charge in [0.1, 0.15) is 17.1 Å². The van der Waals surface area contributed by atoms with Crippen LogP contribution in [-0.4, -0.2) is 62.6 Å². The van der Waals surface area contributed by atoms with Crippen molar-refractivity contribution in [2.45, 2.75) is 38.6 Å². The van der Waals surface area contributed by atoms with E-state index in [1.54, 1.807) is 30.0 Å². The van der Waals surface area contributed by atoms with Crippen LogP contribution in [0.3, 0.4) is 0 Å². The second kappa shape index (κ2) is 10.5. The molecule has 1 fully saturated rings. The molecule has 154 valence electrons. The van der Waals surface area contributed by atoms with Crippen LogP contribution in [0, 0.1) is 0 Å². The minimum absolute atomic E-state index is 0.0452. The highest BCUT2D eigenvalue weighted by Crippen LogP contribution is 2.28. The molecule has 0 radical (unpaired) electrons. The average molecular weight is 392 g/mol. The molecule has 0 saturated carbocycles. The van der Waals surface area contributed by atoms with Gasteiger partial charge in [-0.05, 0) is 31.9 Å². The van der Waals surface area contributed by atoms with Crippen molar-refractivity contribution in [2.75, 3.05) is 33.9 Å². The maximum Gasteiger partial charge on any atom is 0.306 e. The lowest BCUT2D eigenvalue weighted by Gasteiger charge is -2.32. The largest absolute Gasteiger partial charge is 0.496 e. The van der Waals surface area contributed by atoms with Gasteiger partial charge in [-0.2, -0.15) is 0 Å². The van der Waals surface area contributed by atoms with Crippen LogP contribution in [0.15, 0.2) is 18.2 Å². The van der Waals surface area contributed by atoms with E-state index in [1.807, 2.05) is 0 Å². The minimum Gasteiger partial charge on any atom is -0.496 e. The number of benzene rings is 1. The summed E-state index contributed by atoms with van der Waals surface area (Å²) in [7, 11) is 3.01. The van der Waals surface area contributed by atoms with Crippen molar-refractivity contribution in [1.82, 2.24) is 10.2 Å². The second-order valence-electron chi connectivity index (χ2n) is 6.47. The highest BCUT2D eigenvalue weighted by Gasteiger charge is 2.26. The molecule has 1 N–H and O–H groups in total. The van der Waals surface area contributed by atoms with Gasteiger partial charge in [-0.3, -0.25) is 14.4 Å². The molecule has 0 atom stereocenters. The van der Waals surface area contributed by atoms with Gasteiger partial charge in [0.25, 0.3) is 5.91 Å². The third-order valence-electron chi connectivity index (χ3n) is 4.69. The van der Waals surface area contributed by atoms with Gasteiger partial charge in [0.2, 0.25) is 5.91 Å². The van der Waals surface area contributed by atoms with Crippen molar-refractivity contribution < 1.29 is 28.6 Å². The van der Waals surface area contributed by atoms with Gasteiger partial charge in [0.05, 0.1) is 27.2 Å². The smallest absolute Gasteiger partial charge is 0.306 e. The van der Waals surface area contributed by atoms with E-state index in [2.05, 4.69) is 5.32 Å². The lowest BCUT2D eigenvalue weighted by Crippen LogP contribution is -2.46. The first-order chi connectivity index (χ1) is 13.5. The van der Waals surface area contributed by atoms with E-state index in [0.717, 1.165) is 0 Å². The number of ether oxygens (including phenoxy) is 3. The molecule has 1 aromatic rings. The zero-order valence-corrected chi connectivity index (χ0v) is 16.7. The van der Waals surface area contributed by atoms with Crippen molar-refractivity contribution in [1.29, 1.82) is 0 Å². The summed E-state index contributed by atoms with van der Waals surface area (Å²) in [6.45, 7) is 3.12. The van der Waals surface area contributed by atoms with E-state index < -0.39 is 0 Å². The Morgan fingerprint density at radius 1 is 1.07 bits per heavy atom. The molecule has 0 aromatic heterocycles. The number of carbonyl (C=O) groups excluding carboxylic acids is 3. The molecule has 2 rings (SSSR count). The highest BCUT2D eigenvalue weighted by molar-refractivity contribution is 5.99. The number of nitrogens with one attached hydrogen (secondary N) is 1. The third kappa shape index (κ3) is 5.61. The number of nitrogens with zero attached hydrogens (tertiary/aromatic N) is 1. The highest BCUT2D eigenvalue weighted by atomic mass is 16.5. The molecule has 0 bridgehead atoms. The maximum atomic E-state index is 12.7. The predicted molar refractivity (Wildman–Crippen MR) is 102 cm³/mol. The summed E-state index contributed by atoms with van der Waals surface area (Å²) in [5.74, 6) is 0.209. The molecule has 1 aliphatic heterocycles. The Balaban J connectivity index is 1.87. The van der Waals surface area contributed by atoms with E-state index in [4.69, 9.17) is 14.2 Å². The number of likely N-dealkylation sites (tertiary alicyclic amines) is 1. The van der Waals surface area contributed by atoms with Crippen molar-refractivity contribution in [3.8, 4) is 11.5 Å². The Hall–Kier alpha value is -2.77. The Bertz CT molecular complexity index is 676. The minimum atomic E-state index is -0.358. The van der Waals surface area contributed by atoms with Crippen molar-refractivity contribution >= 4 is 17.8 Å². The Kier molecular flexibility index (Phi) is 8.10. The molecule has 8 heteroatoms. The molecule has 0 spiro atoms. The lowest BCUT2D eigenvalue weighted by atomic mass is 10.0. The van der Waals surface area contributed by atoms with Crippen molar-refractivity contribution in [3.63, 3.8) is 0 Å². The zero-order chi connectivity index (χ0) is 20.5. The monoisotopic (exact) mass is 392 g/mol. The molecule has 0 aliphatic carbocycles. The number of amides is 2. The van der Waals surface area contributed by atoms with E-state index >= 15 is 0 Å². The Morgan fingerprint density at radius 3 is 2.21 bits per heavy atom. The first-order valence-corrected chi connectivity index (χ1v) is 9.45. The zero-order valence-electron chi connectivity index (χ0n) is 16.7. The number of hydrogen-bond acceptors (Lipinski definition) is 6. The molecule has 0 unspecified atom stereocenters. The van der Waals surface area contributed by atoms with Crippen LogP contribution >= 0.6 is 0 Å². The number of carbonyl (C=O) groups is 3. The predicted octanol–water partition coefficient (Wildman–Crippen LogP) is 1.77. The van der Waals surface area contributed by atoms with E-state index in [-0.39, 0.29) is 36.7 Å². The molecule has 1 saturated heterocycles. The summed E-state index contributed by atoms with van der Waals surface area (Å²) < 4.78 is 15.4. The van der Waals surface area contributed by atoms with E-state index in [9.17, 15) is 14.4 Å². The number of hydrogen-bond donors (Lipinski definition) is 1. The Morgan fingerprint density at radius 2 is 1.68 bits per heavy atom. The molecular weight excluding hydrogens is 364 g/mol. The number of methoxy groups -OCH3 is 2. The number of esters is 1. The SMILES string of the molecule is CCOC(=O)CCC(=O)N1CCC(NC(=O)c2c(OC)cccc2OC)CC1. The molecule has 8 nitrogen and oxygen atoms in total. The fraction of sp³-hybridized carbons (Fsp3) is 0.550. The van der Waals surface area contributed by atoms with Crippen LogP contribution in [0.1, 0.15) is 43.0 Å². The van der Waals surface area contributed by atoms with Gasteiger partial charge in [0.15, 0.2) is 0 Å². The van der Waals surface area contributed by atoms with Crippen LogP contribution in [-0.2, 0) is 14.3 Å². The quantitative estimate of drug-likeness (QED) is 0.678. The standard InChI is InChI=1S/C20H28N2O6/c1-4-28-18(24)9-8-17(23)22-12-10-14(11-13-22)21-20(25)19-15(26-2)6-5-7-16(19)27-3/h5-7,14H,4,8-13H2,1-3H3,(H,21,25). The van der Waals surface area contributed by atoms with E-state index in [0.29, 0.717) is 49.6 Å². The summed E-state index contributed by atoms with van der Waals surface area (Å²) in [4.78, 5) is 38.1. The van der Waals surface area contributed by atoms with E-state index in [1.165, 1.54) is 14.2 Å². The molecular formula is C20H28N2O6. The van der Waals surface area contributed by atoms with Crippen LogP contribution in [0.2, 0.25) is 0 Å². The number of piperidine rings is 1. The van der Waals surface area contributed by atoms with Gasteiger partial charge >= 0.3 is 5.97 Å². The average Bonchev–Trinajstić information content (AvgIpc) is 2.72. The molecule has 1 heterocycles. The Labute approximate surface area is 165 Å². The summed E-state index contributed by atoms with van der Waals surface area (Å²) in [6.07, 6.45) is 1.54. The summed E-state index contributed by atoms with van der Waals surface area (Å²) in [5, 5.41) is 3.00. The fourth-order valence-corrected chi connectivity index (χ4v) is 3.21. The van der Waals surface area contributed by atoms with Crippen molar-refractivity contribution in [3.05, 3.63) is 23.8 Å². The van der Waals surface area contributed by atoms with Crippen LogP contribution in [0.5, 0.6) is 11.5 Å². The van der Waals surface area contributed by atoms with Gasteiger partial charge < -0.3 is 24.4 Å². The van der Waals surface area contributed by atoms with Gasteiger partial charge in [-0.1, -0.05) is 6.07 Å². The number of rotatable bonds is 8. The molecule has 2 amide bonds. The summed E-state index contributed by atoms with van der Waals surface area (Å²) >= 11 is 0. The summed E-state index contributed by atoms with van der Waals surface area (Å²) in [6, 6.07) is 5.13. The molecule has 1 aliphatic rings. The van der Waals surface area contributed by atoms with Crippen LogP contribution in [0.4, 0.5) is 0 Å². The van der Waals surface area contributed by atoms with Crippen molar-refractivity contribution in [2.24, 2.45) is 0 Å². The van der Waals surface area contributed by atoms with Gasteiger partial charge in [-0.15, -0.1) is 0 Å². The van der Waals surface area contributed by atoms with Gasteiger partial charge in [0, 0.05) is 25.6 Å². The lowest BCUT2D eigenvalue weighted by molar-refractivity contribution is -0.145. The maximum absolute atomic E-state index is 12.7. The van der Waals surface area contributed by atoms with Crippen LogP contribution in [0.25, 0.3) is 0 Å². The normalized spacial score (nSPS) is 14.3. The second-order valence-corrected chi connectivity index (χ2v) is 6.47. The molecule has 1 aromatic carbocycles. The third-order valence-corrected chi connectivity index (χ3v) is 4.69.